The van der Waals surface area contributed by atoms with E-state index in [1.165, 1.54) is 22.9 Å². The molecule has 1 aliphatic heterocycles. The van der Waals surface area contributed by atoms with Crippen LogP contribution in [0.3, 0.4) is 0 Å². The highest BCUT2D eigenvalue weighted by Gasteiger charge is 2.28. The van der Waals surface area contributed by atoms with Crippen molar-refractivity contribution in [1.29, 1.82) is 0 Å². The molecule has 0 saturated heterocycles. The van der Waals surface area contributed by atoms with Crippen molar-refractivity contribution >= 4 is 35.3 Å². The molecule has 6 heteroatoms. The number of amides is 2. The van der Waals surface area contributed by atoms with Gasteiger partial charge in [0.1, 0.15) is 5.75 Å². The van der Waals surface area contributed by atoms with Crippen LogP contribution >= 0.6 is 11.8 Å². The smallest absolute Gasteiger partial charge is 0.264 e. The molecule has 0 radical (unpaired) electrons. The predicted octanol–water partition coefficient (Wildman–Crippen LogP) is 5.61. The molecular formula is C28H26N2O3S. The Bertz CT molecular complexity index is 1300. The zero-order chi connectivity index (χ0) is 23.7. The number of rotatable bonds is 4. The Kier molecular flexibility index (Phi) is 6.16. The Hall–Kier alpha value is -3.51. The number of carbonyl (C=O) groups is 2. The van der Waals surface area contributed by atoms with E-state index in [-0.39, 0.29) is 17.9 Å². The van der Waals surface area contributed by atoms with Crippen LogP contribution in [0.25, 0.3) is 6.08 Å². The van der Waals surface area contributed by atoms with Gasteiger partial charge in [-0.15, -0.1) is 0 Å². The van der Waals surface area contributed by atoms with E-state index < -0.39 is 0 Å². The van der Waals surface area contributed by atoms with Gasteiger partial charge in [0.25, 0.3) is 11.8 Å². The van der Waals surface area contributed by atoms with Crippen LogP contribution in [0.5, 0.6) is 5.75 Å². The van der Waals surface area contributed by atoms with E-state index in [2.05, 4.69) is 17.4 Å². The second kappa shape index (κ2) is 9.39. The first kappa shape index (κ1) is 22.3. The molecule has 34 heavy (non-hydrogen) atoms. The quantitative estimate of drug-likeness (QED) is 0.504. The Morgan fingerprint density at radius 2 is 1.97 bits per heavy atom. The number of hydrogen-bond donors (Lipinski definition) is 1. The first-order chi connectivity index (χ1) is 16.5. The van der Waals surface area contributed by atoms with Crippen LogP contribution in [0.1, 0.15) is 45.9 Å². The lowest BCUT2D eigenvalue weighted by Crippen LogP contribution is -2.32. The molecule has 0 fully saturated rings. The standard InChI is InChI=1S/C28H26N2O3S/c1-30-24-17-20(27(31)29-23-12-6-9-19-8-3-4-11-22(19)23)13-14-25(24)34-26(28(30)32)16-18-7-5-10-21(15-18)33-2/h3-5,7-8,10-11,13-17,23H,6,9,12H2,1-2H3,(H,29,31)/b26-16-/t23-/m1/s1. The number of carbonyl (C=O) groups excluding carboxylic acids is 2. The van der Waals surface area contributed by atoms with Crippen molar-refractivity contribution in [1.82, 2.24) is 5.32 Å². The van der Waals surface area contributed by atoms with Gasteiger partial charge >= 0.3 is 0 Å². The Labute approximate surface area is 203 Å². The first-order valence-electron chi connectivity index (χ1n) is 11.4. The van der Waals surface area contributed by atoms with E-state index in [4.69, 9.17) is 4.74 Å². The summed E-state index contributed by atoms with van der Waals surface area (Å²) in [7, 11) is 3.37. The number of thioether (sulfide) groups is 1. The lowest BCUT2D eigenvalue weighted by molar-refractivity contribution is -0.114. The van der Waals surface area contributed by atoms with Gasteiger partial charge in [0.2, 0.25) is 0 Å². The van der Waals surface area contributed by atoms with E-state index in [1.807, 2.05) is 60.7 Å². The summed E-state index contributed by atoms with van der Waals surface area (Å²) in [5.74, 6) is 0.528. The van der Waals surface area contributed by atoms with Crippen LogP contribution in [0, 0.1) is 0 Å². The molecule has 5 nitrogen and oxygen atoms in total. The van der Waals surface area contributed by atoms with Gasteiger partial charge in [-0.25, -0.2) is 0 Å². The summed E-state index contributed by atoms with van der Waals surface area (Å²) in [6, 6.07) is 21.5. The Balaban J connectivity index is 1.38. The summed E-state index contributed by atoms with van der Waals surface area (Å²) in [5, 5.41) is 3.20. The minimum atomic E-state index is -0.118. The van der Waals surface area contributed by atoms with E-state index in [9.17, 15) is 9.59 Å². The Morgan fingerprint density at radius 3 is 2.82 bits per heavy atom. The highest BCUT2D eigenvalue weighted by molar-refractivity contribution is 8.04. The number of ether oxygens (including phenoxy) is 1. The third-order valence-corrected chi connectivity index (χ3v) is 7.46. The lowest BCUT2D eigenvalue weighted by atomic mass is 9.87. The van der Waals surface area contributed by atoms with Gasteiger partial charge in [-0.3, -0.25) is 9.59 Å². The minimum absolute atomic E-state index is 0.0135. The van der Waals surface area contributed by atoms with Gasteiger partial charge in [0, 0.05) is 17.5 Å². The topological polar surface area (TPSA) is 58.6 Å². The summed E-state index contributed by atoms with van der Waals surface area (Å²) in [6.45, 7) is 0. The summed E-state index contributed by atoms with van der Waals surface area (Å²) in [5.41, 5.74) is 4.71. The second-order valence-corrected chi connectivity index (χ2v) is 9.63. The molecule has 0 saturated carbocycles. The molecule has 172 valence electrons. The predicted molar refractivity (Wildman–Crippen MR) is 136 cm³/mol. The fraction of sp³-hybridized carbons (Fsp3) is 0.214. The van der Waals surface area contributed by atoms with E-state index in [0.29, 0.717) is 10.5 Å². The molecule has 1 heterocycles. The SMILES string of the molecule is COc1cccc(/C=C2\Sc3ccc(C(=O)N[C@@H]4CCCc5ccccc54)cc3N(C)C2=O)c1. The van der Waals surface area contributed by atoms with Gasteiger partial charge < -0.3 is 15.0 Å². The van der Waals surface area contributed by atoms with Gasteiger partial charge in [0.05, 0.1) is 23.7 Å². The molecule has 2 amide bonds. The number of aryl methyl sites for hydroxylation is 1. The molecule has 1 atom stereocenters. The molecule has 1 aliphatic carbocycles. The minimum Gasteiger partial charge on any atom is -0.497 e. The molecule has 2 aliphatic rings. The molecule has 0 aromatic heterocycles. The maximum atomic E-state index is 13.1. The average molecular weight is 471 g/mol. The summed E-state index contributed by atoms with van der Waals surface area (Å²) < 4.78 is 5.29. The monoisotopic (exact) mass is 470 g/mol. The summed E-state index contributed by atoms with van der Waals surface area (Å²) in [4.78, 5) is 29.4. The maximum absolute atomic E-state index is 13.1. The van der Waals surface area contributed by atoms with Crippen LogP contribution in [0.4, 0.5) is 5.69 Å². The first-order valence-corrected chi connectivity index (χ1v) is 12.2. The highest BCUT2D eigenvalue weighted by Crippen LogP contribution is 2.42. The normalized spacial score (nSPS) is 18.3. The molecule has 3 aromatic rings. The van der Waals surface area contributed by atoms with Crippen molar-refractivity contribution in [3.05, 3.63) is 93.9 Å². The summed E-state index contributed by atoms with van der Waals surface area (Å²) in [6.07, 6.45) is 4.91. The van der Waals surface area contributed by atoms with Crippen LogP contribution in [0.15, 0.2) is 76.5 Å². The van der Waals surface area contributed by atoms with Crippen molar-refractivity contribution in [2.24, 2.45) is 0 Å². The van der Waals surface area contributed by atoms with E-state index in [0.717, 1.165) is 41.2 Å². The fourth-order valence-electron chi connectivity index (χ4n) is 4.56. The third-order valence-electron chi connectivity index (χ3n) is 6.38. The number of benzene rings is 3. The van der Waals surface area contributed by atoms with Gasteiger partial charge in [0.15, 0.2) is 0 Å². The molecule has 1 N–H and O–H groups in total. The zero-order valence-corrected chi connectivity index (χ0v) is 20.0. The van der Waals surface area contributed by atoms with Crippen LogP contribution in [-0.4, -0.2) is 26.0 Å². The number of methoxy groups -OCH3 is 1. The number of anilines is 1. The van der Waals surface area contributed by atoms with Crippen molar-refractivity contribution in [2.45, 2.75) is 30.2 Å². The molecule has 3 aromatic carbocycles. The maximum Gasteiger partial charge on any atom is 0.264 e. The molecule has 0 spiro atoms. The van der Waals surface area contributed by atoms with Crippen molar-refractivity contribution in [3.63, 3.8) is 0 Å². The van der Waals surface area contributed by atoms with E-state index in [1.54, 1.807) is 19.1 Å². The largest absolute Gasteiger partial charge is 0.497 e. The van der Waals surface area contributed by atoms with Gasteiger partial charge in [-0.05, 0) is 72.4 Å². The van der Waals surface area contributed by atoms with Crippen molar-refractivity contribution in [3.8, 4) is 5.75 Å². The molecule has 0 bridgehead atoms. The number of fused-ring (bicyclic) bond motifs is 2. The van der Waals surface area contributed by atoms with Crippen molar-refractivity contribution < 1.29 is 14.3 Å². The van der Waals surface area contributed by atoms with E-state index >= 15 is 0 Å². The number of hydrogen-bond acceptors (Lipinski definition) is 4. The van der Waals surface area contributed by atoms with Crippen molar-refractivity contribution in [2.75, 3.05) is 19.1 Å². The number of likely N-dealkylation sites (N-methyl/N-ethyl adjacent to an activating group) is 1. The van der Waals surface area contributed by atoms with Gasteiger partial charge in [-0.2, -0.15) is 0 Å². The highest BCUT2D eigenvalue weighted by atomic mass is 32.2. The lowest BCUT2D eigenvalue weighted by Gasteiger charge is -2.28. The molecular weight excluding hydrogens is 444 g/mol. The second-order valence-electron chi connectivity index (χ2n) is 8.55. The fourth-order valence-corrected chi connectivity index (χ4v) is 5.66. The van der Waals surface area contributed by atoms with Gasteiger partial charge in [-0.1, -0.05) is 48.2 Å². The zero-order valence-electron chi connectivity index (χ0n) is 19.2. The number of nitrogens with one attached hydrogen (secondary N) is 1. The van der Waals surface area contributed by atoms with Crippen LogP contribution in [0.2, 0.25) is 0 Å². The molecule has 0 unspecified atom stereocenters. The van der Waals surface area contributed by atoms with Crippen LogP contribution < -0.4 is 15.0 Å². The number of nitrogens with zero attached hydrogens (tertiary/aromatic N) is 1. The van der Waals surface area contributed by atoms with Crippen LogP contribution in [-0.2, 0) is 11.2 Å². The average Bonchev–Trinajstić information content (AvgIpc) is 2.87. The third kappa shape index (κ3) is 4.33. The summed E-state index contributed by atoms with van der Waals surface area (Å²) >= 11 is 1.42. The Morgan fingerprint density at radius 1 is 1.12 bits per heavy atom. The molecule has 5 rings (SSSR count).